The Morgan fingerprint density at radius 2 is 2.12 bits per heavy atom. The van der Waals surface area contributed by atoms with Crippen molar-refractivity contribution < 1.29 is 9.59 Å². The van der Waals surface area contributed by atoms with E-state index in [1.54, 1.807) is 11.3 Å². The summed E-state index contributed by atoms with van der Waals surface area (Å²) in [6.07, 6.45) is 1.15. The highest BCUT2D eigenvalue weighted by Crippen LogP contribution is 2.32. The minimum atomic E-state index is -0.260. The van der Waals surface area contributed by atoms with Crippen molar-refractivity contribution >= 4 is 34.5 Å². The van der Waals surface area contributed by atoms with Crippen LogP contribution in [0.5, 0.6) is 0 Å². The van der Waals surface area contributed by atoms with Gasteiger partial charge >= 0.3 is 0 Å². The Morgan fingerprint density at radius 1 is 1.33 bits per heavy atom. The number of thiazole rings is 1. The number of carbonyl (C=O) groups excluding carboxylic acids is 2. The number of carbonyl (C=O) groups is 2. The molecule has 0 unspecified atom stereocenters. The predicted molar refractivity (Wildman–Crippen MR) is 94.9 cm³/mol. The highest BCUT2D eigenvalue weighted by atomic mass is 32.1. The van der Waals surface area contributed by atoms with E-state index < -0.39 is 0 Å². The SMILES string of the molecule is Cc1csc(CC(=O)NNC(=O)CN2CCc3sccc3[C@@H]2C)n1. The van der Waals surface area contributed by atoms with Gasteiger partial charge in [-0.05, 0) is 37.3 Å². The van der Waals surface area contributed by atoms with E-state index in [4.69, 9.17) is 0 Å². The van der Waals surface area contributed by atoms with Crippen LogP contribution in [0.2, 0.25) is 0 Å². The Balaban J connectivity index is 1.45. The molecule has 3 rings (SSSR count). The molecule has 0 spiro atoms. The summed E-state index contributed by atoms with van der Waals surface area (Å²) in [4.78, 5) is 31.7. The minimum Gasteiger partial charge on any atom is -0.287 e. The molecule has 2 aromatic heterocycles. The first-order chi connectivity index (χ1) is 11.5. The zero-order chi connectivity index (χ0) is 17.1. The monoisotopic (exact) mass is 364 g/mol. The van der Waals surface area contributed by atoms with Crippen molar-refractivity contribution in [2.45, 2.75) is 32.7 Å². The van der Waals surface area contributed by atoms with Gasteiger partial charge in [-0.1, -0.05) is 0 Å². The zero-order valence-electron chi connectivity index (χ0n) is 13.7. The van der Waals surface area contributed by atoms with Gasteiger partial charge in [-0.3, -0.25) is 25.3 Å². The number of nitrogens with one attached hydrogen (secondary N) is 2. The lowest BCUT2D eigenvalue weighted by molar-refractivity contribution is -0.129. The van der Waals surface area contributed by atoms with Gasteiger partial charge in [0.15, 0.2) is 0 Å². The molecule has 24 heavy (non-hydrogen) atoms. The van der Waals surface area contributed by atoms with E-state index in [1.807, 2.05) is 12.3 Å². The number of amides is 2. The molecule has 8 heteroatoms. The maximum atomic E-state index is 12.1. The van der Waals surface area contributed by atoms with Gasteiger partial charge in [0, 0.05) is 28.5 Å². The van der Waals surface area contributed by atoms with Crippen LogP contribution in [-0.4, -0.2) is 34.8 Å². The molecule has 0 saturated heterocycles. The average molecular weight is 364 g/mol. The molecule has 0 aliphatic carbocycles. The van der Waals surface area contributed by atoms with Crippen LogP contribution in [0.1, 0.15) is 34.1 Å². The highest BCUT2D eigenvalue weighted by molar-refractivity contribution is 7.10. The number of hydrogen-bond donors (Lipinski definition) is 2. The van der Waals surface area contributed by atoms with Crippen molar-refractivity contribution in [3.8, 4) is 0 Å². The van der Waals surface area contributed by atoms with Crippen LogP contribution in [-0.2, 0) is 22.4 Å². The minimum absolute atomic E-state index is 0.178. The number of aryl methyl sites for hydroxylation is 1. The van der Waals surface area contributed by atoms with Crippen LogP contribution in [0.25, 0.3) is 0 Å². The third-order valence-electron chi connectivity index (χ3n) is 4.07. The molecule has 0 bridgehead atoms. The van der Waals surface area contributed by atoms with E-state index >= 15 is 0 Å². The van der Waals surface area contributed by atoms with E-state index in [1.165, 1.54) is 21.8 Å². The van der Waals surface area contributed by atoms with Crippen molar-refractivity contribution in [2.75, 3.05) is 13.1 Å². The van der Waals surface area contributed by atoms with Gasteiger partial charge in [-0.25, -0.2) is 4.98 Å². The Labute approximate surface area is 148 Å². The van der Waals surface area contributed by atoms with Crippen LogP contribution < -0.4 is 10.9 Å². The van der Waals surface area contributed by atoms with E-state index in [-0.39, 0.29) is 30.8 Å². The normalized spacial score (nSPS) is 17.3. The number of thiophene rings is 1. The summed E-state index contributed by atoms with van der Waals surface area (Å²) in [5.41, 5.74) is 7.17. The molecule has 1 atom stereocenters. The molecule has 0 aromatic carbocycles. The van der Waals surface area contributed by atoms with Gasteiger partial charge < -0.3 is 0 Å². The summed E-state index contributed by atoms with van der Waals surface area (Å²) in [7, 11) is 0. The van der Waals surface area contributed by atoms with Gasteiger partial charge in [0.1, 0.15) is 5.01 Å². The number of fused-ring (bicyclic) bond motifs is 1. The average Bonchev–Trinajstić information content (AvgIpc) is 3.17. The van der Waals surface area contributed by atoms with Crippen molar-refractivity contribution in [1.29, 1.82) is 0 Å². The maximum absolute atomic E-state index is 12.1. The highest BCUT2D eigenvalue weighted by Gasteiger charge is 2.26. The molecule has 2 aromatic rings. The third-order valence-corrected chi connectivity index (χ3v) is 6.03. The topological polar surface area (TPSA) is 74.3 Å². The van der Waals surface area contributed by atoms with Crippen molar-refractivity contribution in [3.05, 3.63) is 38.0 Å². The van der Waals surface area contributed by atoms with Crippen molar-refractivity contribution in [2.24, 2.45) is 0 Å². The Kier molecular flexibility index (Phi) is 5.27. The van der Waals surface area contributed by atoms with Gasteiger partial charge in [0.05, 0.1) is 13.0 Å². The van der Waals surface area contributed by atoms with E-state index in [2.05, 4.69) is 39.1 Å². The zero-order valence-corrected chi connectivity index (χ0v) is 15.3. The molecule has 1 aliphatic rings. The van der Waals surface area contributed by atoms with Gasteiger partial charge in [-0.15, -0.1) is 22.7 Å². The second kappa shape index (κ2) is 7.42. The first kappa shape index (κ1) is 17.1. The third kappa shape index (κ3) is 4.00. The van der Waals surface area contributed by atoms with E-state index in [0.717, 1.165) is 23.7 Å². The molecule has 2 amide bonds. The number of hydrazine groups is 1. The largest absolute Gasteiger partial charge is 0.287 e. The summed E-state index contributed by atoms with van der Waals surface area (Å²) in [6, 6.07) is 2.35. The molecule has 3 heterocycles. The first-order valence-corrected chi connectivity index (χ1v) is 9.58. The Bertz CT molecular complexity index is 740. The number of hydrogen-bond acceptors (Lipinski definition) is 6. The van der Waals surface area contributed by atoms with Gasteiger partial charge in [-0.2, -0.15) is 0 Å². The maximum Gasteiger partial charge on any atom is 0.252 e. The van der Waals surface area contributed by atoms with Crippen LogP contribution in [0.4, 0.5) is 0 Å². The summed E-state index contributed by atoms with van der Waals surface area (Å²) >= 11 is 3.22. The van der Waals surface area contributed by atoms with Gasteiger partial charge in [0.25, 0.3) is 5.91 Å². The second-order valence-electron chi connectivity index (χ2n) is 5.85. The summed E-state index contributed by atoms with van der Waals surface area (Å²) < 4.78 is 0. The fraction of sp³-hybridized carbons (Fsp3) is 0.438. The Morgan fingerprint density at radius 3 is 2.88 bits per heavy atom. The lowest BCUT2D eigenvalue weighted by Gasteiger charge is -2.32. The number of nitrogens with zero attached hydrogens (tertiary/aromatic N) is 2. The fourth-order valence-electron chi connectivity index (χ4n) is 2.81. The van der Waals surface area contributed by atoms with Crippen molar-refractivity contribution in [1.82, 2.24) is 20.7 Å². The lowest BCUT2D eigenvalue weighted by atomic mass is 10.0. The smallest absolute Gasteiger partial charge is 0.252 e. The second-order valence-corrected chi connectivity index (χ2v) is 7.79. The molecule has 128 valence electrons. The van der Waals surface area contributed by atoms with Crippen molar-refractivity contribution in [3.63, 3.8) is 0 Å². The molecular weight excluding hydrogens is 344 g/mol. The molecule has 1 aliphatic heterocycles. The number of aromatic nitrogens is 1. The van der Waals surface area contributed by atoms with Crippen LogP contribution in [0.15, 0.2) is 16.8 Å². The molecule has 6 nitrogen and oxygen atoms in total. The predicted octanol–water partition coefficient (Wildman–Crippen LogP) is 1.82. The molecule has 0 fully saturated rings. The first-order valence-electron chi connectivity index (χ1n) is 7.82. The van der Waals surface area contributed by atoms with Gasteiger partial charge in [0.2, 0.25) is 5.91 Å². The number of rotatable bonds is 4. The summed E-state index contributed by atoms with van der Waals surface area (Å²) in [5, 5.41) is 4.75. The summed E-state index contributed by atoms with van der Waals surface area (Å²) in [6.45, 7) is 5.13. The lowest BCUT2D eigenvalue weighted by Crippen LogP contribution is -2.48. The molecule has 0 radical (unpaired) electrons. The van der Waals surface area contributed by atoms with Crippen LogP contribution >= 0.6 is 22.7 Å². The molecule has 2 N–H and O–H groups in total. The fourth-order valence-corrected chi connectivity index (χ4v) is 4.54. The van der Waals surface area contributed by atoms with Crippen LogP contribution in [0, 0.1) is 6.92 Å². The molecular formula is C16H20N4O2S2. The Hall–Kier alpha value is -1.77. The quantitative estimate of drug-likeness (QED) is 0.812. The standard InChI is InChI=1S/C16H20N4O2S2/c1-10-9-24-16(17-10)7-14(21)18-19-15(22)8-20-5-3-13-12(11(20)2)4-6-23-13/h4,6,9,11H,3,5,7-8H2,1-2H3,(H,18,21)(H,19,22)/t11-/m0/s1. The van der Waals surface area contributed by atoms with E-state index in [0.29, 0.717) is 0 Å². The van der Waals surface area contributed by atoms with Crippen LogP contribution in [0.3, 0.4) is 0 Å². The van der Waals surface area contributed by atoms with E-state index in [9.17, 15) is 9.59 Å². The summed E-state index contributed by atoms with van der Waals surface area (Å²) in [5.74, 6) is -0.464. The molecule has 0 saturated carbocycles.